The molecule has 142 valence electrons. The SMILES string of the molecule is O=C(COc1ccc(C=C2C(=O)NC(=S)NC2=O)cc1)Nc1ccc(Cl)cc1. The predicted octanol–water partition coefficient (Wildman–Crippen LogP) is 2.27. The van der Waals surface area contributed by atoms with Crippen LogP contribution in [0.3, 0.4) is 0 Å². The van der Waals surface area contributed by atoms with Gasteiger partial charge in [-0.25, -0.2) is 0 Å². The number of rotatable bonds is 5. The molecule has 2 aromatic rings. The van der Waals surface area contributed by atoms with Crippen LogP contribution in [0.2, 0.25) is 5.02 Å². The molecule has 7 nitrogen and oxygen atoms in total. The number of nitrogens with one attached hydrogen (secondary N) is 3. The average molecular weight is 416 g/mol. The van der Waals surface area contributed by atoms with Gasteiger partial charge < -0.3 is 10.1 Å². The number of ether oxygens (including phenoxy) is 1. The number of hydrogen-bond acceptors (Lipinski definition) is 5. The van der Waals surface area contributed by atoms with Gasteiger partial charge in [-0.2, -0.15) is 0 Å². The van der Waals surface area contributed by atoms with Crippen LogP contribution in [0.25, 0.3) is 6.08 Å². The van der Waals surface area contributed by atoms with Gasteiger partial charge in [0, 0.05) is 10.7 Å². The van der Waals surface area contributed by atoms with E-state index in [-0.39, 0.29) is 23.2 Å². The van der Waals surface area contributed by atoms with Gasteiger partial charge in [-0.3, -0.25) is 25.0 Å². The summed E-state index contributed by atoms with van der Waals surface area (Å²) in [6, 6.07) is 13.3. The zero-order valence-corrected chi connectivity index (χ0v) is 15.9. The van der Waals surface area contributed by atoms with Gasteiger partial charge in [-0.1, -0.05) is 23.7 Å². The van der Waals surface area contributed by atoms with Crippen molar-refractivity contribution in [3.05, 3.63) is 64.7 Å². The summed E-state index contributed by atoms with van der Waals surface area (Å²) in [7, 11) is 0. The lowest BCUT2D eigenvalue weighted by Crippen LogP contribution is -2.51. The molecule has 3 rings (SSSR count). The van der Waals surface area contributed by atoms with Crippen LogP contribution in [0.1, 0.15) is 5.56 Å². The molecule has 1 aliphatic rings. The topological polar surface area (TPSA) is 96.5 Å². The zero-order chi connectivity index (χ0) is 20.1. The lowest BCUT2D eigenvalue weighted by Gasteiger charge is -2.16. The van der Waals surface area contributed by atoms with Crippen LogP contribution in [0, 0.1) is 0 Å². The number of anilines is 1. The van der Waals surface area contributed by atoms with Gasteiger partial charge in [0.1, 0.15) is 11.3 Å². The summed E-state index contributed by atoms with van der Waals surface area (Å²) in [6.07, 6.45) is 1.43. The van der Waals surface area contributed by atoms with E-state index in [1.807, 2.05) is 0 Å². The van der Waals surface area contributed by atoms with E-state index in [1.165, 1.54) is 6.08 Å². The number of halogens is 1. The summed E-state index contributed by atoms with van der Waals surface area (Å²) >= 11 is 10.5. The van der Waals surface area contributed by atoms with Crippen LogP contribution < -0.4 is 20.7 Å². The lowest BCUT2D eigenvalue weighted by molar-refractivity contribution is -0.123. The first-order valence-corrected chi connectivity index (χ1v) is 8.86. The first-order valence-electron chi connectivity index (χ1n) is 8.07. The van der Waals surface area contributed by atoms with Gasteiger partial charge in [0.15, 0.2) is 11.7 Å². The Morgan fingerprint density at radius 3 is 2.25 bits per heavy atom. The minimum Gasteiger partial charge on any atom is -0.484 e. The van der Waals surface area contributed by atoms with E-state index in [1.54, 1.807) is 48.5 Å². The van der Waals surface area contributed by atoms with Crippen LogP contribution >= 0.6 is 23.8 Å². The van der Waals surface area contributed by atoms with Gasteiger partial charge in [-0.05, 0) is 60.3 Å². The molecule has 0 atom stereocenters. The molecule has 1 aliphatic heterocycles. The molecule has 3 N–H and O–H groups in total. The molecular formula is C19H14ClN3O4S. The number of carbonyl (C=O) groups excluding carboxylic acids is 3. The molecule has 2 aromatic carbocycles. The Morgan fingerprint density at radius 2 is 1.64 bits per heavy atom. The molecule has 0 aromatic heterocycles. The summed E-state index contributed by atoms with van der Waals surface area (Å²) in [6.45, 7) is -0.175. The average Bonchev–Trinajstić information content (AvgIpc) is 2.66. The van der Waals surface area contributed by atoms with Gasteiger partial charge in [0.05, 0.1) is 0 Å². The summed E-state index contributed by atoms with van der Waals surface area (Å²) in [5.41, 5.74) is 1.18. The Kier molecular flexibility index (Phi) is 6.03. The van der Waals surface area contributed by atoms with Gasteiger partial charge in [0.2, 0.25) is 0 Å². The Morgan fingerprint density at radius 1 is 1.04 bits per heavy atom. The molecule has 1 saturated heterocycles. The fraction of sp³-hybridized carbons (Fsp3) is 0.0526. The van der Waals surface area contributed by atoms with Crippen LogP contribution in [-0.4, -0.2) is 29.4 Å². The second kappa shape index (κ2) is 8.64. The molecule has 9 heteroatoms. The summed E-state index contributed by atoms with van der Waals surface area (Å²) in [5.74, 6) is -0.979. The van der Waals surface area contributed by atoms with Crippen molar-refractivity contribution in [2.45, 2.75) is 0 Å². The lowest BCUT2D eigenvalue weighted by atomic mass is 10.1. The third-order valence-corrected chi connectivity index (χ3v) is 4.09. The summed E-state index contributed by atoms with van der Waals surface area (Å²) < 4.78 is 5.43. The van der Waals surface area contributed by atoms with E-state index in [2.05, 4.69) is 16.0 Å². The highest BCUT2D eigenvalue weighted by Crippen LogP contribution is 2.16. The zero-order valence-electron chi connectivity index (χ0n) is 14.3. The third kappa shape index (κ3) is 5.15. The maximum Gasteiger partial charge on any atom is 0.263 e. The molecule has 0 radical (unpaired) electrons. The van der Waals surface area contributed by atoms with Crippen molar-refractivity contribution < 1.29 is 19.1 Å². The minimum atomic E-state index is -0.562. The molecular weight excluding hydrogens is 402 g/mol. The number of thiocarbonyl (C=S) groups is 1. The van der Waals surface area contributed by atoms with E-state index in [4.69, 9.17) is 28.6 Å². The first-order chi connectivity index (χ1) is 13.4. The predicted molar refractivity (Wildman–Crippen MR) is 109 cm³/mol. The number of amides is 3. The largest absolute Gasteiger partial charge is 0.484 e. The monoisotopic (exact) mass is 415 g/mol. The number of benzene rings is 2. The Bertz CT molecular complexity index is 950. The van der Waals surface area contributed by atoms with Crippen molar-refractivity contribution in [1.82, 2.24) is 10.6 Å². The van der Waals surface area contributed by atoms with E-state index < -0.39 is 11.8 Å². The summed E-state index contributed by atoms with van der Waals surface area (Å²) in [5, 5.41) is 7.97. The number of carbonyl (C=O) groups is 3. The van der Waals surface area contributed by atoms with Crippen molar-refractivity contribution in [3.63, 3.8) is 0 Å². The smallest absolute Gasteiger partial charge is 0.263 e. The molecule has 0 saturated carbocycles. The molecule has 0 unspecified atom stereocenters. The standard InChI is InChI=1S/C19H14ClN3O4S/c20-12-3-5-13(6-4-12)21-16(24)10-27-14-7-1-11(2-8-14)9-15-17(25)22-19(28)23-18(15)26/h1-9H,10H2,(H,21,24)(H2,22,23,25,26,28). The molecule has 0 bridgehead atoms. The first kappa shape index (κ1) is 19.5. The molecule has 28 heavy (non-hydrogen) atoms. The van der Waals surface area contributed by atoms with Gasteiger partial charge >= 0.3 is 0 Å². The molecule has 3 amide bonds. The minimum absolute atomic E-state index is 0.0206. The maximum absolute atomic E-state index is 11.9. The summed E-state index contributed by atoms with van der Waals surface area (Å²) in [4.78, 5) is 35.6. The Hall–Kier alpha value is -3.23. The molecule has 0 aliphatic carbocycles. The second-order valence-corrected chi connectivity index (χ2v) is 6.55. The second-order valence-electron chi connectivity index (χ2n) is 5.71. The van der Waals surface area contributed by atoms with E-state index in [9.17, 15) is 14.4 Å². The molecule has 0 spiro atoms. The molecule has 1 heterocycles. The fourth-order valence-corrected chi connectivity index (χ4v) is 2.62. The van der Waals surface area contributed by atoms with Crippen molar-refractivity contribution in [2.24, 2.45) is 0 Å². The van der Waals surface area contributed by atoms with Crippen LogP contribution in [-0.2, 0) is 14.4 Å². The van der Waals surface area contributed by atoms with Crippen molar-refractivity contribution in [2.75, 3.05) is 11.9 Å². The van der Waals surface area contributed by atoms with E-state index in [0.29, 0.717) is 22.0 Å². The van der Waals surface area contributed by atoms with E-state index in [0.717, 1.165) is 0 Å². The van der Waals surface area contributed by atoms with Gasteiger partial charge in [0.25, 0.3) is 17.7 Å². The quantitative estimate of drug-likeness (QED) is 0.395. The highest BCUT2D eigenvalue weighted by molar-refractivity contribution is 7.80. The molecule has 1 fully saturated rings. The van der Waals surface area contributed by atoms with Crippen molar-refractivity contribution in [3.8, 4) is 5.75 Å². The Balaban J connectivity index is 1.57. The van der Waals surface area contributed by atoms with Crippen LogP contribution in [0.15, 0.2) is 54.1 Å². The van der Waals surface area contributed by atoms with Crippen molar-refractivity contribution >= 4 is 58.4 Å². The van der Waals surface area contributed by atoms with Crippen LogP contribution in [0.4, 0.5) is 5.69 Å². The highest BCUT2D eigenvalue weighted by Gasteiger charge is 2.25. The number of hydrogen-bond donors (Lipinski definition) is 3. The third-order valence-electron chi connectivity index (χ3n) is 3.63. The van der Waals surface area contributed by atoms with Crippen LogP contribution in [0.5, 0.6) is 5.75 Å². The van der Waals surface area contributed by atoms with Gasteiger partial charge in [-0.15, -0.1) is 0 Å². The Labute approximate surface area is 170 Å². The highest BCUT2D eigenvalue weighted by atomic mass is 35.5. The normalized spacial score (nSPS) is 13.5. The maximum atomic E-state index is 11.9. The fourth-order valence-electron chi connectivity index (χ4n) is 2.31. The van der Waals surface area contributed by atoms with Crippen molar-refractivity contribution in [1.29, 1.82) is 0 Å². The van der Waals surface area contributed by atoms with E-state index >= 15 is 0 Å².